The summed E-state index contributed by atoms with van der Waals surface area (Å²) in [5, 5.41) is 3.51. The molecule has 3 rings (SSSR count). The molecule has 0 heterocycles. The first-order valence-corrected chi connectivity index (χ1v) is 16.3. The van der Waals surface area contributed by atoms with E-state index in [1.165, 1.54) is 24.1 Å². The fourth-order valence-corrected chi connectivity index (χ4v) is 6.58. The van der Waals surface area contributed by atoms with Gasteiger partial charge in [-0.15, -0.1) is 0 Å². The zero-order valence-corrected chi connectivity index (χ0v) is 27.6. The van der Waals surface area contributed by atoms with Gasteiger partial charge in [0.2, 0.25) is 11.8 Å². The Labute approximate surface area is 262 Å². The molecule has 3 aromatic carbocycles. The maximum atomic E-state index is 14.2. The molecule has 2 amide bonds. The topological polar surface area (TPSA) is 96.0 Å². The monoisotopic (exact) mass is 677 g/mol. The van der Waals surface area contributed by atoms with Crippen molar-refractivity contribution in [2.75, 3.05) is 18.0 Å². The number of carbonyl (C=O) groups is 2. The first-order valence-electron chi connectivity index (χ1n) is 13.7. The molecule has 1 N–H and O–H groups in total. The fourth-order valence-electron chi connectivity index (χ4n) is 4.32. The summed E-state index contributed by atoms with van der Waals surface area (Å²) in [6, 6.07) is 17.4. The second kappa shape index (κ2) is 14.9. The van der Waals surface area contributed by atoms with Crippen LogP contribution in [0.25, 0.3) is 0 Å². The molecule has 11 heteroatoms. The van der Waals surface area contributed by atoms with Crippen molar-refractivity contribution < 1.29 is 22.7 Å². The molecule has 8 nitrogen and oxygen atoms in total. The minimum absolute atomic E-state index is 0.0191. The molecule has 0 aliphatic rings. The Hall–Kier alpha value is -3.08. The predicted octanol–water partition coefficient (Wildman–Crippen LogP) is 6.34. The van der Waals surface area contributed by atoms with Crippen molar-refractivity contribution >= 4 is 55.1 Å². The highest BCUT2D eigenvalue weighted by atomic mass is 79.9. The van der Waals surface area contributed by atoms with Gasteiger partial charge in [-0.3, -0.25) is 13.9 Å². The van der Waals surface area contributed by atoms with Crippen molar-refractivity contribution in [2.45, 2.75) is 64.1 Å². The highest BCUT2D eigenvalue weighted by molar-refractivity contribution is 9.10. The first-order chi connectivity index (χ1) is 19.9. The van der Waals surface area contributed by atoms with E-state index in [4.69, 9.17) is 16.3 Å². The minimum Gasteiger partial charge on any atom is -0.496 e. The number of rotatable bonds is 13. The normalized spacial score (nSPS) is 12.7. The number of nitrogens with one attached hydrogen (secondary N) is 1. The molecule has 42 heavy (non-hydrogen) atoms. The zero-order valence-electron chi connectivity index (χ0n) is 24.4. The Morgan fingerprint density at radius 3 is 2.19 bits per heavy atom. The van der Waals surface area contributed by atoms with Gasteiger partial charge in [0.15, 0.2) is 0 Å². The van der Waals surface area contributed by atoms with Crippen molar-refractivity contribution in [1.82, 2.24) is 10.2 Å². The molecule has 0 aromatic heterocycles. The molecular formula is C31H37BrClN3O5S. The molecule has 226 valence electrons. The Morgan fingerprint density at radius 2 is 1.64 bits per heavy atom. The van der Waals surface area contributed by atoms with E-state index in [-0.39, 0.29) is 23.4 Å². The van der Waals surface area contributed by atoms with Crippen LogP contribution in [0.2, 0.25) is 5.02 Å². The van der Waals surface area contributed by atoms with Gasteiger partial charge in [0.05, 0.1) is 22.2 Å². The van der Waals surface area contributed by atoms with E-state index >= 15 is 0 Å². The molecular weight excluding hydrogens is 642 g/mol. The van der Waals surface area contributed by atoms with Crippen molar-refractivity contribution in [1.29, 1.82) is 0 Å². The number of sulfonamides is 1. The van der Waals surface area contributed by atoms with Gasteiger partial charge < -0.3 is 15.0 Å². The number of nitrogens with zero attached hydrogens (tertiary/aromatic N) is 2. The summed E-state index contributed by atoms with van der Waals surface area (Å²) in [5.74, 6) is -0.343. The van der Waals surface area contributed by atoms with Crippen LogP contribution in [0.1, 0.15) is 44.7 Å². The predicted molar refractivity (Wildman–Crippen MR) is 170 cm³/mol. The number of hydrogen-bond donors (Lipinski definition) is 1. The number of benzene rings is 3. The van der Waals surface area contributed by atoms with Crippen molar-refractivity contribution in [3.05, 3.63) is 87.4 Å². The smallest absolute Gasteiger partial charge is 0.264 e. The van der Waals surface area contributed by atoms with Gasteiger partial charge in [-0.2, -0.15) is 0 Å². The Bertz CT molecular complexity index is 1480. The second-order valence-corrected chi connectivity index (χ2v) is 13.2. The largest absolute Gasteiger partial charge is 0.496 e. The van der Waals surface area contributed by atoms with Gasteiger partial charge in [-0.25, -0.2) is 8.42 Å². The third-order valence-electron chi connectivity index (χ3n) is 6.97. The minimum atomic E-state index is -4.21. The first kappa shape index (κ1) is 33.4. The van der Waals surface area contributed by atoms with Crippen LogP contribution in [0, 0.1) is 6.92 Å². The summed E-state index contributed by atoms with van der Waals surface area (Å²) in [4.78, 5) is 29.0. The average Bonchev–Trinajstić information content (AvgIpc) is 2.97. The van der Waals surface area contributed by atoms with E-state index in [0.717, 1.165) is 21.9 Å². The Kier molecular flexibility index (Phi) is 11.8. The van der Waals surface area contributed by atoms with Crippen LogP contribution < -0.4 is 14.4 Å². The van der Waals surface area contributed by atoms with Crippen LogP contribution >= 0.6 is 27.5 Å². The van der Waals surface area contributed by atoms with Gasteiger partial charge >= 0.3 is 0 Å². The summed E-state index contributed by atoms with van der Waals surface area (Å²) < 4.78 is 35.0. The van der Waals surface area contributed by atoms with E-state index in [9.17, 15) is 18.0 Å². The molecule has 2 atom stereocenters. The number of anilines is 1. The van der Waals surface area contributed by atoms with Crippen molar-refractivity contribution in [2.24, 2.45) is 0 Å². The zero-order chi connectivity index (χ0) is 31.0. The van der Waals surface area contributed by atoms with E-state index in [0.29, 0.717) is 27.4 Å². The third-order valence-corrected chi connectivity index (χ3v) is 9.61. The summed E-state index contributed by atoms with van der Waals surface area (Å²) in [7, 11) is -2.73. The summed E-state index contributed by atoms with van der Waals surface area (Å²) in [6.45, 7) is 7.16. The molecule has 0 aliphatic heterocycles. The fraction of sp³-hybridized carbons (Fsp3) is 0.355. The number of halogens is 2. The Morgan fingerprint density at radius 1 is 1.00 bits per heavy atom. The number of carbonyl (C=O) groups excluding carboxylic acids is 2. The van der Waals surface area contributed by atoms with Crippen LogP contribution in [0.3, 0.4) is 0 Å². The quantitative estimate of drug-likeness (QED) is 0.228. The lowest BCUT2D eigenvalue weighted by Crippen LogP contribution is -2.53. The van der Waals surface area contributed by atoms with Crippen LogP contribution in [-0.2, 0) is 26.2 Å². The number of methoxy groups -OCH3 is 1. The lowest BCUT2D eigenvalue weighted by molar-refractivity contribution is -0.140. The van der Waals surface area contributed by atoms with Gasteiger partial charge in [-0.05, 0) is 90.6 Å². The van der Waals surface area contributed by atoms with Gasteiger partial charge in [0.25, 0.3) is 10.0 Å². The molecule has 0 unspecified atom stereocenters. The molecule has 3 aromatic rings. The number of amides is 2. The molecule has 0 spiro atoms. The van der Waals surface area contributed by atoms with E-state index in [1.807, 2.05) is 27.7 Å². The number of aryl methyl sites for hydroxylation is 1. The van der Waals surface area contributed by atoms with Gasteiger partial charge in [-0.1, -0.05) is 55.3 Å². The van der Waals surface area contributed by atoms with Crippen LogP contribution in [0.15, 0.2) is 76.1 Å². The highest BCUT2D eigenvalue weighted by Gasteiger charge is 2.34. The molecule has 0 saturated carbocycles. The summed E-state index contributed by atoms with van der Waals surface area (Å²) >= 11 is 9.45. The third kappa shape index (κ3) is 8.26. The summed E-state index contributed by atoms with van der Waals surface area (Å²) in [6.07, 6.45) is 1.06. The molecule has 0 bridgehead atoms. The van der Waals surface area contributed by atoms with Gasteiger partial charge in [0, 0.05) is 17.6 Å². The van der Waals surface area contributed by atoms with E-state index in [1.54, 1.807) is 54.6 Å². The molecule has 0 radical (unpaired) electrons. The van der Waals surface area contributed by atoms with Crippen molar-refractivity contribution in [3.63, 3.8) is 0 Å². The Balaban J connectivity index is 2.07. The summed E-state index contributed by atoms with van der Waals surface area (Å²) in [5.41, 5.74) is 2.02. The highest BCUT2D eigenvalue weighted by Crippen LogP contribution is 2.31. The molecule has 0 saturated heterocycles. The van der Waals surface area contributed by atoms with Crippen LogP contribution in [0.4, 0.5) is 5.69 Å². The standard InChI is InChI=1S/C31H37BrClN3O5S/c1-6-22(4)34-31(38)28(7-2)35(19-23-10-12-24(33)13-11-23)30(37)20-36(25-14-8-21(3)9-15-25)42(39,40)26-16-17-29(41-5)27(32)18-26/h8-18,22,28H,6-7,19-20H2,1-5H3,(H,34,38)/t22-,28+/m1/s1. The SMILES string of the molecule is CC[C@@H](C)NC(=O)[C@H](CC)N(Cc1ccc(Cl)cc1)C(=O)CN(c1ccc(C)cc1)S(=O)(=O)c1ccc(OC)c(Br)c1. The second-order valence-electron chi connectivity index (χ2n) is 10.0. The maximum absolute atomic E-state index is 14.2. The number of hydrogen-bond acceptors (Lipinski definition) is 5. The van der Waals surface area contributed by atoms with Crippen LogP contribution in [0.5, 0.6) is 5.75 Å². The average molecular weight is 679 g/mol. The van der Waals surface area contributed by atoms with E-state index < -0.39 is 28.5 Å². The molecule has 0 fully saturated rings. The van der Waals surface area contributed by atoms with Gasteiger partial charge in [0.1, 0.15) is 18.3 Å². The van der Waals surface area contributed by atoms with E-state index in [2.05, 4.69) is 21.2 Å². The van der Waals surface area contributed by atoms with Crippen LogP contribution in [-0.4, -0.2) is 50.9 Å². The lowest BCUT2D eigenvalue weighted by atomic mass is 10.1. The maximum Gasteiger partial charge on any atom is 0.264 e. The van der Waals surface area contributed by atoms with Crippen molar-refractivity contribution in [3.8, 4) is 5.75 Å². The molecule has 0 aliphatic carbocycles. The lowest BCUT2D eigenvalue weighted by Gasteiger charge is -2.33. The number of ether oxygens (including phenoxy) is 1.